The molecule has 1 saturated heterocycles. The second-order valence-corrected chi connectivity index (χ2v) is 8.59. The molecule has 7 heteroatoms. The van der Waals surface area contributed by atoms with Gasteiger partial charge in [0.1, 0.15) is 12.1 Å². The molecule has 4 amide bonds. The highest BCUT2D eigenvalue weighted by atomic mass is 16.2. The molecule has 2 fully saturated rings. The summed E-state index contributed by atoms with van der Waals surface area (Å²) in [4.78, 5) is 45.8. The van der Waals surface area contributed by atoms with E-state index in [0.717, 1.165) is 38.9 Å². The number of carbonyl (C=O) groups is 3. The van der Waals surface area contributed by atoms with E-state index in [0.29, 0.717) is 31.8 Å². The van der Waals surface area contributed by atoms with Gasteiger partial charge in [0.15, 0.2) is 0 Å². The van der Waals surface area contributed by atoms with Crippen molar-refractivity contribution in [3.05, 3.63) is 0 Å². The molecule has 2 aliphatic rings. The second kappa shape index (κ2) is 9.72. The lowest BCUT2D eigenvalue weighted by atomic mass is 9.81. The van der Waals surface area contributed by atoms with E-state index >= 15 is 0 Å². The summed E-state index contributed by atoms with van der Waals surface area (Å²) in [5, 5.41) is 0. The van der Waals surface area contributed by atoms with Gasteiger partial charge in [0.05, 0.1) is 0 Å². The summed E-state index contributed by atoms with van der Waals surface area (Å²) in [6.07, 6.45) is 4.42. The molecule has 0 bridgehead atoms. The molecule has 0 aromatic carbocycles. The Morgan fingerprint density at radius 2 is 1.68 bits per heavy atom. The number of urea groups is 1. The second-order valence-electron chi connectivity index (χ2n) is 8.59. The maximum atomic E-state index is 13.1. The average Bonchev–Trinajstić information content (AvgIpc) is 2.84. The highest BCUT2D eigenvalue weighted by Crippen LogP contribution is 2.39. The number of amides is 4. The maximum absolute atomic E-state index is 13.1. The van der Waals surface area contributed by atoms with Crippen molar-refractivity contribution in [1.82, 2.24) is 19.6 Å². The highest BCUT2D eigenvalue weighted by Gasteiger charge is 2.55. The molecular weight excluding hydrogens is 356 g/mol. The SMILES string of the molecule is CCN(CC)CCN(CC(C)C)C(=O)CN1C(=O)N(C)C2(CCCCC2)C1=O. The molecule has 0 atom stereocenters. The standard InChI is InChI=1S/C21H38N4O3/c1-6-23(7-2)13-14-24(15-17(3)4)18(26)16-25-19(27)21(22(5)20(25)28)11-9-8-10-12-21/h17H,6-16H2,1-5H3. The summed E-state index contributed by atoms with van der Waals surface area (Å²) in [6, 6.07) is -0.325. The molecule has 2 rings (SSSR count). The van der Waals surface area contributed by atoms with Gasteiger partial charge in [0.25, 0.3) is 5.91 Å². The number of likely N-dealkylation sites (N-methyl/N-ethyl adjacent to an activating group) is 2. The Bertz CT molecular complexity index is 568. The van der Waals surface area contributed by atoms with E-state index in [1.165, 1.54) is 4.90 Å². The number of imide groups is 1. The van der Waals surface area contributed by atoms with Crippen LogP contribution in [0.15, 0.2) is 0 Å². The molecule has 7 nitrogen and oxygen atoms in total. The predicted molar refractivity (Wildman–Crippen MR) is 110 cm³/mol. The third-order valence-corrected chi connectivity index (χ3v) is 6.30. The summed E-state index contributed by atoms with van der Waals surface area (Å²) < 4.78 is 0. The molecule has 1 heterocycles. The summed E-state index contributed by atoms with van der Waals surface area (Å²) in [5.74, 6) is 0.0168. The first-order valence-corrected chi connectivity index (χ1v) is 10.9. The van der Waals surface area contributed by atoms with E-state index in [4.69, 9.17) is 0 Å². The first-order chi connectivity index (χ1) is 13.3. The first-order valence-electron chi connectivity index (χ1n) is 10.9. The third-order valence-electron chi connectivity index (χ3n) is 6.30. The molecular formula is C21H38N4O3. The zero-order valence-electron chi connectivity index (χ0n) is 18.4. The largest absolute Gasteiger partial charge is 0.340 e. The summed E-state index contributed by atoms with van der Waals surface area (Å²) in [7, 11) is 1.71. The molecule has 28 heavy (non-hydrogen) atoms. The van der Waals surface area contributed by atoms with Gasteiger partial charge in [-0.15, -0.1) is 0 Å². The van der Waals surface area contributed by atoms with E-state index in [9.17, 15) is 14.4 Å². The van der Waals surface area contributed by atoms with Gasteiger partial charge in [0.2, 0.25) is 5.91 Å². The van der Waals surface area contributed by atoms with Gasteiger partial charge < -0.3 is 14.7 Å². The Morgan fingerprint density at radius 1 is 1.07 bits per heavy atom. The van der Waals surface area contributed by atoms with Gasteiger partial charge in [-0.3, -0.25) is 14.5 Å². The topological polar surface area (TPSA) is 64.2 Å². The Balaban J connectivity index is 2.08. The lowest BCUT2D eigenvalue weighted by molar-refractivity contribution is -0.140. The van der Waals surface area contributed by atoms with Crippen LogP contribution in [0.5, 0.6) is 0 Å². The molecule has 1 spiro atoms. The van der Waals surface area contributed by atoms with Crippen molar-refractivity contribution in [2.45, 2.75) is 65.3 Å². The molecule has 1 saturated carbocycles. The highest BCUT2D eigenvalue weighted by molar-refractivity contribution is 6.08. The minimum atomic E-state index is -0.723. The lowest BCUT2D eigenvalue weighted by Crippen LogP contribution is -2.50. The van der Waals surface area contributed by atoms with E-state index in [1.807, 2.05) is 4.90 Å². The van der Waals surface area contributed by atoms with Crippen LogP contribution in [-0.4, -0.2) is 89.3 Å². The van der Waals surface area contributed by atoms with Crippen molar-refractivity contribution in [3.63, 3.8) is 0 Å². The Morgan fingerprint density at radius 3 is 2.21 bits per heavy atom. The minimum absolute atomic E-state index is 0.135. The molecule has 1 aliphatic carbocycles. The van der Waals surface area contributed by atoms with Crippen molar-refractivity contribution >= 4 is 17.8 Å². The van der Waals surface area contributed by atoms with Crippen LogP contribution in [-0.2, 0) is 9.59 Å². The normalized spacial score (nSPS) is 19.4. The fourth-order valence-electron chi connectivity index (χ4n) is 4.47. The van der Waals surface area contributed by atoms with Gasteiger partial charge in [-0.2, -0.15) is 0 Å². The fraction of sp³-hybridized carbons (Fsp3) is 0.857. The molecule has 1 aliphatic heterocycles. The smallest absolute Gasteiger partial charge is 0.327 e. The Labute approximate surface area is 170 Å². The lowest BCUT2D eigenvalue weighted by Gasteiger charge is -2.35. The van der Waals surface area contributed by atoms with Crippen LogP contribution in [0.2, 0.25) is 0 Å². The zero-order chi connectivity index (χ0) is 20.9. The van der Waals surface area contributed by atoms with Gasteiger partial charge in [-0.05, 0) is 31.8 Å². The Kier molecular flexibility index (Phi) is 7.87. The molecule has 0 aromatic heterocycles. The molecule has 160 valence electrons. The van der Waals surface area contributed by atoms with Gasteiger partial charge in [-0.1, -0.05) is 47.0 Å². The number of carbonyl (C=O) groups excluding carboxylic acids is 3. The Hall–Kier alpha value is -1.63. The third kappa shape index (κ3) is 4.67. The summed E-state index contributed by atoms with van der Waals surface area (Å²) in [6.45, 7) is 12.2. The zero-order valence-corrected chi connectivity index (χ0v) is 18.4. The van der Waals surface area contributed by atoms with Gasteiger partial charge in [0, 0.05) is 26.7 Å². The first kappa shape index (κ1) is 22.7. The van der Waals surface area contributed by atoms with Crippen LogP contribution >= 0.6 is 0 Å². The van der Waals surface area contributed by atoms with Crippen molar-refractivity contribution in [3.8, 4) is 0 Å². The van der Waals surface area contributed by atoms with Crippen LogP contribution in [0.1, 0.15) is 59.8 Å². The van der Waals surface area contributed by atoms with Crippen molar-refractivity contribution in [1.29, 1.82) is 0 Å². The van der Waals surface area contributed by atoms with Crippen molar-refractivity contribution in [2.24, 2.45) is 5.92 Å². The van der Waals surface area contributed by atoms with E-state index < -0.39 is 5.54 Å². The molecule has 0 radical (unpaired) electrons. The molecule has 0 aromatic rings. The van der Waals surface area contributed by atoms with E-state index in [2.05, 4.69) is 32.6 Å². The number of rotatable bonds is 9. The summed E-state index contributed by atoms with van der Waals surface area (Å²) >= 11 is 0. The van der Waals surface area contributed by atoms with Crippen LogP contribution < -0.4 is 0 Å². The predicted octanol–water partition coefficient (Wildman–Crippen LogP) is 2.41. The molecule has 0 N–H and O–H groups in total. The maximum Gasteiger partial charge on any atom is 0.327 e. The van der Waals surface area contributed by atoms with Crippen LogP contribution in [0.3, 0.4) is 0 Å². The van der Waals surface area contributed by atoms with Crippen molar-refractivity contribution in [2.75, 3.05) is 46.3 Å². The van der Waals surface area contributed by atoms with Crippen LogP contribution in [0.25, 0.3) is 0 Å². The molecule has 0 unspecified atom stereocenters. The number of hydrogen-bond acceptors (Lipinski definition) is 4. The van der Waals surface area contributed by atoms with Gasteiger partial charge >= 0.3 is 6.03 Å². The number of nitrogens with zero attached hydrogens (tertiary/aromatic N) is 4. The van der Waals surface area contributed by atoms with E-state index in [-0.39, 0.29) is 24.4 Å². The minimum Gasteiger partial charge on any atom is -0.340 e. The quantitative estimate of drug-likeness (QED) is 0.564. The monoisotopic (exact) mass is 394 g/mol. The van der Waals surface area contributed by atoms with Crippen LogP contribution in [0, 0.1) is 5.92 Å². The fourth-order valence-corrected chi connectivity index (χ4v) is 4.47. The number of hydrogen-bond donors (Lipinski definition) is 0. The van der Waals surface area contributed by atoms with Gasteiger partial charge in [-0.25, -0.2) is 4.79 Å². The summed E-state index contributed by atoms with van der Waals surface area (Å²) in [5.41, 5.74) is -0.723. The average molecular weight is 395 g/mol. The van der Waals surface area contributed by atoms with Crippen molar-refractivity contribution < 1.29 is 14.4 Å². The van der Waals surface area contributed by atoms with E-state index in [1.54, 1.807) is 11.9 Å². The van der Waals surface area contributed by atoms with Crippen LogP contribution in [0.4, 0.5) is 4.79 Å².